The first kappa shape index (κ1) is 19.9. The van der Waals surface area contributed by atoms with Crippen LogP contribution in [-0.4, -0.2) is 23.0 Å². The van der Waals surface area contributed by atoms with E-state index >= 15 is 0 Å². The molecule has 148 valence electrons. The number of nitrogens with one attached hydrogen (secondary N) is 1. The Hall–Kier alpha value is -2.82. The van der Waals surface area contributed by atoms with Crippen LogP contribution in [0.3, 0.4) is 0 Å². The van der Waals surface area contributed by atoms with Crippen molar-refractivity contribution in [3.8, 4) is 5.75 Å². The average Bonchev–Trinajstić information content (AvgIpc) is 3.20. The molecule has 0 heterocycles. The van der Waals surface area contributed by atoms with Crippen LogP contribution in [0.25, 0.3) is 0 Å². The van der Waals surface area contributed by atoms with Crippen LogP contribution < -0.4 is 10.1 Å². The number of rotatable bonds is 9. The van der Waals surface area contributed by atoms with E-state index in [-0.39, 0.29) is 12.3 Å². The van der Waals surface area contributed by atoms with Gasteiger partial charge in [-0.3, -0.25) is 4.79 Å². The van der Waals surface area contributed by atoms with Crippen molar-refractivity contribution in [2.24, 2.45) is 5.92 Å². The molecule has 28 heavy (non-hydrogen) atoms. The third kappa shape index (κ3) is 6.12. The number of carboxylic acid groups (broad SMARTS) is 1. The van der Waals surface area contributed by atoms with Crippen molar-refractivity contribution in [3.05, 3.63) is 65.7 Å². The van der Waals surface area contributed by atoms with Gasteiger partial charge in [-0.2, -0.15) is 0 Å². The Morgan fingerprint density at radius 3 is 2.32 bits per heavy atom. The van der Waals surface area contributed by atoms with Crippen molar-refractivity contribution in [3.63, 3.8) is 0 Å². The zero-order valence-electron chi connectivity index (χ0n) is 16.0. The van der Waals surface area contributed by atoms with Gasteiger partial charge in [0.05, 0.1) is 0 Å². The molecule has 1 saturated carbocycles. The first-order valence-electron chi connectivity index (χ1n) is 9.88. The highest BCUT2D eigenvalue weighted by molar-refractivity contribution is 5.83. The van der Waals surface area contributed by atoms with Gasteiger partial charge in [0.1, 0.15) is 18.4 Å². The van der Waals surface area contributed by atoms with E-state index in [0.717, 1.165) is 29.7 Å². The summed E-state index contributed by atoms with van der Waals surface area (Å²) in [5.41, 5.74) is 1.93. The van der Waals surface area contributed by atoms with Gasteiger partial charge in [-0.15, -0.1) is 0 Å². The zero-order valence-corrected chi connectivity index (χ0v) is 16.0. The number of hydrogen-bond acceptors (Lipinski definition) is 3. The van der Waals surface area contributed by atoms with E-state index in [0.29, 0.717) is 18.9 Å². The highest BCUT2D eigenvalue weighted by atomic mass is 16.5. The molecule has 2 aromatic carbocycles. The summed E-state index contributed by atoms with van der Waals surface area (Å²) in [6.07, 6.45) is 5.14. The first-order valence-corrected chi connectivity index (χ1v) is 9.88. The van der Waals surface area contributed by atoms with E-state index in [2.05, 4.69) is 5.32 Å². The highest BCUT2D eigenvalue weighted by Gasteiger charge is 2.23. The maximum Gasteiger partial charge on any atom is 0.326 e. The van der Waals surface area contributed by atoms with E-state index < -0.39 is 12.0 Å². The number of carbonyl (C=O) groups is 2. The van der Waals surface area contributed by atoms with Crippen LogP contribution in [0.1, 0.15) is 43.2 Å². The molecule has 5 nitrogen and oxygen atoms in total. The number of aliphatic carboxylic acids is 1. The SMILES string of the molecule is O=C(CC1CCCC1)N[C@@H](Cc1ccc(OCc2ccccc2)cc1)C(=O)O. The molecule has 1 fully saturated rings. The maximum atomic E-state index is 12.2. The second-order valence-electron chi connectivity index (χ2n) is 7.44. The molecule has 1 atom stereocenters. The maximum absolute atomic E-state index is 12.2. The topological polar surface area (TPSA) is 75.6 Å². The molecule has 2 N–H and O–H groups in total. The number of benzene rings is 2. The summed E-state index contributed by atoms with van der Waals surface area (Å²) in [6, 6.07) is 16.3. The van der Waals surface area contributed by atoms with Gasteiger partial charge in [-0.25, -0.2) is 4.79 Å². The van der Waals surface area contributed by atoms with Crippen LogP contribution in [0.2, 0.25) is 0 Å². The molecule has 1 aliphatic rings. The molecule has 0 spiro atoms. The van der Waals surface area contributed by atoms with Gasteiger partial charge < -0.3 is 15.2 Å². The molecule has 0 radical (unpaired) electrons. The smallest absolute Gasteiger partial charge is 0.326 e. The first-order chi connectivity index (χ1) is 13.6. The molecule has 2 aromatic rings. The minimum absolute atomic E-state index is 0.165. The molecule has 0 unspecified atom stereocenters. The van der Waals surface area contributed by atoms with E-state index in [9.17, 15) is 14.7 Å². The van der Waals surface area contributed by atoms with Gasteiger partial charge in [0.25, 0.3) is 0 Å². The summed E-state index contributed by atoms with van der Waals surface area (Å²) in [7, 11) is 0. The molecule has 1 aliphatic carbocycles. The Morgan fingerprint density at radius 2 is 1.68 bits per heavy atom. The van der Waals surface area contributed by atoms with Crippen LogP contribution in [0.4, 0.5) is 0 Å². The monoisotopic (exact) mass is 381 g/mol. The van der Waals surface area contributed by atoms with Gasteiger partial charge >= 0.3 is 5.97 Å². The Kier molecular flexibility index (Phi) is 7.06. The van der Waals surface area contributed by atoms with Gasteiger partial charge in [-0.05, 0) is 42.0 Å². The lowest BCUT2D eigenvalue weighted by Gasteiger charge is -2.16. The van der Waals surface area contributed by atoms with Gasteiger partial charge in [0.2, 0.25) is 5.91 Å². The third-order valence-electron chi connectivity index (χ3n) is 5.19. The summed E-state index contributed by atoms with van der Waals surface area (Å²) in [4.78, 5) is 23.7. The fourth-order valence-corrected chi connectivity index (χ4v) is 3.63. The van der Waals surface area contributed by atoms with Crippen LogP contribution >= 0.6 is 0 Å². The standard InChI is InChI=1S/C23H27NO4/c25-22(15-17-6-4-5-7-17)24-21(23(26)27)14-18-10-12-20(13-11-18)28-16-19-8-2-1-3-9-19/h1-3,8-13,17,21H,4-7,14-16H2,(H,24,25)(H,26,27)/t21-/m0/s1. The molecule has 5 heteroatoms. The quantitative estimate of drug-likeness (QED) is 0.689. The Bertz CT molecular complexity index is 767. The van der Waals surface area contributed by atoms with E-state index in [1.165, 1.54) is 12.8 Å². The number of amides is 1. The van der Waals surface area contributed by atoms with Gasteiger partial charge in [0, 0.05) is 12.8 Å². The van der Waals surface area contributed by atoms with Crippen molar-refractivity contribution >= 4 is 11.9 Å². The van der Waals surface area contributed by atoms with E-state index in [1.807, 2.05) is 54.6 Å². The van der Waals surface area contributed by atoms with Crippen LogP contribution in [0.5, 0.6) is 5.75 Å². The predicted octanol–water partition coefficient (Wildman–Crippen LogP) is 3.96. The number of ether oxygens (including phenoxy) is 1. The van der Waals surface area contributed by atoms with Crippen molar-refractivity contribution in [2.45, 2.75) is 51.2 Å². The lowest BCUT2D eigenvalue weighted by Crippen LogP contribution is -2.42. The average molecular weight is 381 g/mol. The number of hydrogen-bond donors (Lipinski definition) is 2. The number of carbonyl (C=O) groups excluding carboxylic acids is 1. The molecular formula is C23H27NO4. The fraction of sp³-hybridized carbons (Fsp3) is 0.391. The second-order valence-corrected chi connectivity index (χ2v) is 7.44. The lowest BCUT2D eigenvalue weighted by molar-refractivity contribution is -0.141. The van der Waals surface area contributed by atoms with Crippen LogP contribution in [0.15, 0.2) is 54.6 Å². The van der Waals surface area contributed by atoms with Gasteiger partial charge in [0.15, 0.2) is 0 Å². The summed E-state index contributed by atoms with van der Waals surface area (Å²) < 4.78 is 5.75. The zero-order chi connectivity index (χ0) is 19.8. The third-order valence-corrected chi connectivity index (χ3v) is 5.19. The Labute approximate surface area is 165 Å². The van der Waals surface area contributed by atoms with Crippen molar-refractivity contribution < 1.29 is 19.4 Å². The van der Waals surface area contributed by atoms with Gasteiger partial charge in [-0.1, -0.05) is 55.3 Å². The Morgan fingerprint density at radius 1 is 1.00 bits per heavy atom. The second kappa shape index (κ2) is 9.93. The molecule has 0 aromatic heterocycles. The number of carboxylic acids is 1. The van der Waals surface area contributed by atoms with Crippen molar-refractivity contribution in [2.75, 3.05) is 0 Å². The molecule has 3 rings (SSSR count). The molecule has 0 saturated heterocycles. The summed E-state index contributed by atoms with van der Waals surface area (Å²) in [6.45, 7) is 0.481. The molecule has 0 bridgehead atoms. The largest absolute Gasteiger partial charge is 0.489 e. The molecule has 1 amide bonds. The molecular weight excluding hydrogens is 354 g/mol. The fourth-order valence-electron chi connectivity index (χ4n) is 3.63. The van der Waals surface area contributed by atoms with Crippen LogP contribution in [-0.2, 0) is 22.6 Å². The predicted molar refractivity (Wildman–Crippen MR) is 107 cm³/mol. The highest BCUT2D eigenvalue weighted by Crippen LogP contribution is 2.27. The van der Waals surface area contributed by atoms with E-state index in [4.69, 9.17) is 4.74 Å². The van der Waals surface area contributed by atoms with Crippen molar-refractivity contribution in [1.82, 2.24) is 5.32 Å². The minimum atomic E-state index is -1.01. The lowest BCUT2D eigenvalue weighted by atomic mass is 10.0. The minimum Gasteiger partial charge on any atom is -0.489 e. The Balaban J connectivity index is 1.51. The summed E-state index contributed by atoms with van der Waals surface area (Å²) in [5.74, 6) is -0.0495. The van der Waals surface area contributed by atoms with Crippen molar-refractivity contribution in [1.29, 1.82) is 0 Å². The summed E-state index contributed by atoms with van der Waals surface area (Å²) >= 11 is 0. The normalized spacial score (nSPS) is 15.1. The molecule has 0 aliphatic heterocycles. The summed E-state index contributed by atoms with van der Waals surface area (Å²) in [5, 5.41) is 12.2. The van der Waals surface area contributed by atoms with Crippen LogP contribution in [0, 0.1) is 5.92 Å². The van der Waals surface area contributed by atoms with E-state index in [1.54, 1.807) is 0 Å².